The number of hydrogen-bond donors (Lipinski definition) is 1. The Bertz CT molecular complexity index is 494. The number of imidazole rings is 1. The van der Waals surface area contributed by atoms with Crippen LogP contribution in [0.3, 0.4) is 0 Å². The second-order valence-corrected chi connectivity index (χ2v) is 4.29. The molecule has 0 amide bonds. The Morgan fingerprint density at radius 1 is 1.21 bits per heavy atom. The molecule has 2 rings (SSSR count). The summed E-state index contributed by atoms with van der Waals surface area (Å²) < 4.78 is 12.4. The Balaban J connectivity index is 2.14. The van der Waals surface area contributed by atoms with Gasteiger partial charge in [-0.05, 0) is 5.56 Å². The van der Waals surface area contributed by atoms with E-state index in [0.29, 0.717) is 6.54 Å². The van der Waals surface area contributed by atoms with Crippen LogP contribution in [0, 0.1) is 0 Å². The van der Waals surface area contributed by atoms with Crippen molar-refractivity contribution in [1.82, 2.24) is 9.55 Å². The molecule has 5 nitrogen and oxygen atoms in total. The van der Waals surface area contributed by atoms with Gasteiger partial charge in [-0.3, -0.25) is 0 Å². The summed E-state index contributed by atoms with van der Waals surface area (Å²) in [6.07, 6.45) is 3.05. The van der Waals surface area contributed by atoms with Crippen molar-refractivity contribution >= 4 is 0 Å². The van der Waals surface area contributed by atoms with Crippen molar-refractivity contribution in [3.63, 3.8) is 0 Å². The second kappa shape index (κ2) is 6.47. The van der Waals surface area contributed by atoms with E-state index in [1.807, 2.05) is 34.9 Å². The van der Waals surface area contributed by atoms with Gasteiger partial charge in [0, 0.05) is 26.8 Å². The van der Waals surface area contributed by atoms with Gasteiger partial charge in [-0.25, -0.2) is 4.98 Å². The smallest absolute Gasteiger partial charge is 0.200 e. The van der Waals surface area contributed by atoms with Gasteiger partial charge in [-0.15, -0.1) is 0 Å². The van der Waals surface area contributed by atoms with Crippen molar-refractivity contribution in [1.29, 1.82) is 0 Å². The lowest BCUT2D eigenvalue weighted by Gasteiger charge is -2.18. The van der Waals surface area contributed by atoms with E-state index in [0.717, 1.165) is 11.3 Å². The van der Waals surface area contributed by atoms with Gasteiger partial charge in [0.2, 0.25) is 0 Å². The molecule has 2 aromatic rings. The van der Waals surface area contributed by atoms with E-state index in [4.69, 9.17) is 15.2 Å². The third kappa shape index (κ3) is 3.20. The molecule has 0 spiro atoms. The lowest BCUT2D eigenvalue weighted by Crippen LogP contribution is -2.20. The second-order valence-electron chi connectivity index (χ2n) is 4.29. The summed E-state index contributed by atoms with van der Waals surface area (Å²) in [6.45, 7) is 0.628. The first kappa shape index (κ1) is 13.7. The summed E-state index contributed by atoms with van der Waals surface area (Å²) in [4.78, 5) is 4.13. The maximum Gasteiger partial charge on any atom is 0.200 e. The molecule has 1 aromatic heterocycles. The van der Waals surface area contributed by atoms with Crippen LogP contribution in [0.5, 0.6) is 0 Å². The molecule has 1 heterocycles. The van der Waals surface area contributed by atoms with Gasteiger partial charge in [-0.2, -0.15) is 0 Å². The number of benzene rings is 1. The van der Waals surface area contributed by atoms with E-state index < -0.39 is 6.29 Å². The van der Waals surface area contributed by atoms with Crippen LogP contribution in [-0.4, -0.2) is 23.8 Å². The van der Waals surface area contributed by atoms with Crippen LogP contribution in [0.2, 0.25) is 0 Å². The van der Waals surface area contributed by atoms with Gasteiger partial charge < -0.3 is 19.8 Å². The number of aromatic nitrogens is 2. The highest BCUT2D eigenvalue weighted by molar-refractivity contribution is 5.18. The van der Waals surface area contributed by atoms with E-state index in [9.17, 15) is 0 Å². The number of nitrogens with two attached hydrogens (primary N) is 1. The highest BCUT2D eigenvalue weighted by Crippen LogP contribution is 2.19. The molecule has 0 aliphatic rings. The molecule has 102 valence electrons. The number of nitrogens with zero attached hydrogens (tertiary/aromatic N) is 2. The molecule has 0 aliphatic heterocycles. The molecule has 2 N–H and O–H groups in total. The van der Waals surface area contributed by atoms with Crippen molar-refractivity contribution < 1.29 is 9.47 Å². The fourth-order valence-electron chi connectivity index (χ4n) is 2.04. The maximum atomic E-state index is 6.21. The van der Waals surface area contributed by atoms with Crippen molar-refractivity contribution in [3.8, 4) is 0 Å². The molecule has 0 aliphatic carbocycles. The molecule has 0 bridgehead atoms. The van der Waals surface area contributed by atoms with E-state index >= 15 is 0 Å². The lowest BCUT2D eigenvalue weighted by atomic mass is 10.1. The fraction of sp³-hybridized carbons (Fsp3) is 0.357. The first-order chi connectivity index (χ1) is 9.26. The molecule has 1 aromatic carbocycles. The standard InChI is InChI=1S/C14H19N3O2/c1-18-14(19-2)13-8-16-10-17(13)9-12(15)11-6-4-3-5-7-11/h3-8,10,12,14H,9,15H2,1-2H3. The zero-order valence-electron chi connectivity index (χ0n) is 11.2. The van der Waals surface area contributed by atoms with Gasteiger partial charge in [0.15, 0.2) is 6.29 Å². The average Bonchev–Trinajstić information content (AvgIpc) is 2.89. The normalized spacial score (nSPS) is 12.8. The van der Waals surface area contributed by atoms with Crippen LogP contribution in [0.1, 0.15) is 23.6 Å². The van der Waals surface area contributed by atoms with E-state index in [1.165, 1.54) is 0 Å². The van der Waals surface area contributed by atoms with Crippen LogP contribution >= 0.6 is 0 Å². The Labute approximate surface area is 113 Å². The maximum absolute atomic E-state index is 6.21. The Morgan fingerprint density at radius 2 is 1.89 bits per heavy atom. The van der Waals surface area contributed by atoms with Crippen LogP contribution in [-0.2, 0) is 16.0 Å². The molecule has 5 heteroatoms. The molecular weight excluding hydrogens is 242 g/mol. The Hall–Kier alpha value is -1.69. The summed E-state index contributed by atoms with van der Waals surface area (Å²) in [7, 11) is 3.20. The Morgan fingerprint density at radius 3 is 2.53 bits per heavy atom. The highest BCUT2D eigenvalue weighted by Gasteiger charge is 2.16. The third-order valence-electron chi connectivity index (χ3n) is 3.04. The van der Waals surface area contributed by atoms with Crippen LogP contribution in [0.4, 0.5) is 0 Å². The zero-order chi connectivity index (χ0) is 13.7. The molecule has 19 heavy (non-hydrogen) atoms. The molecular formula is C14H19N3O2. The first-order valence-corrected chi connectivity index (χ1v) is 6.12. The first-order valence-electron chi connectivity index (χ1n) is 6.12. The topological polar surface area (TPSA) is 62.3 Å². The number of ether oxygens (including phenoxy) is 2. The zero-order valence-corrected chi connectivity index (χ0v) is 11.2. The van der Waals surface area contributed by atoms with E-state index in [2.05, 4.69) is 4.98 Å². The van der Waals surface area contributed by atoms with Gasteiger partial charge in [0.05, 0.1) is 18.2 Å². The van der Waals surface area contributed by atoms with E-state index in [1.54, 1.807) is 26.7 Å². The van der Waals surface area contributed by atoms with Gasteiger partial charge in [0.25, 0.3) is 0 Å². The molecule has 0 radical (unpaired) electrons. The minimum Gasteiger partial charge on any atom is -0.350 e. The molecule has 0 saturated heterocycles. The van der Waals surface area contributed by atoms with Gasteiger partial charge in [0.1, 0.15) is 0 Å². The van der Waals surface area contributed by atoms with Crippen LogP contribution in [0.25, 0.3) is 0 Å². The van der Waals surface area contributed by atoms with Crippen molar-refractivity contribution in [3.05, 3.63) is 54.1 Å². The van der Waals surface area contributed by atoms with Crippen molar-refractivity contribution in [2.75, 3.05) is 14.2 Å². The monoisotopic (exact) mass is 261 g/mol. The van der Waals surface area contributed by atoms with E-state index in [-0.39, 0.29) is 6.04 Å². The minimum atomic E-state index is -0.425. The van der Waals surface area contributed by atoms with Crippen molar-refractivity contribution in [2.45, 2.75) is 18.9 Å². The summed E-state index contributed by atoms with van der Waals surface area (Å²) in [6, 6.07) is 9.89. The number of hydrogen-bond acceptors (Lipinski definition) is 4. The molecule has 1 unspecified atom stereocenters. The number of rotatable bonds is 6. The fourth-order valence-corrected chi connectivity index (χ4v) is 2.04. The van der Waals surface area contributed by atoms with Crippen LogP contribution in [0.15, 0.2) is 42.9 Å². The predicted octanol–water partition coefficient (Wildman–Crippen LogP) is 1.87. The van der Waals surface area contributed by atoms with Gasteiger partial charge in [-0.1, -0.05) is 30.3 Å². The third-order valence-corrected chi connectivity index (χ3v) is 3.04. The average molecular weight is 261 g/mol. The summed E-state index contributed by atoms with van der Waals surface area (Å²) in [5, 5.41) is 0. The predicted molar refractivity (Wildman–Crippen MR) is 72.4 cm³/mol. The SMILES string of the molecule is COC(OC)c1cncn1CC(N)c1ccccc1. The largest absolute Gasteiger partial charge is 0.350 e. The van der Waals surface area contributed by atoms with Crippen LogP contribution < -0.4 is 5.73 Å². The lowest BCUT2D eigenvalue weighted by molar-refractivity contribution is -0.110. The van der Waals surface area contributed by atoms with Crippen molar-refractivity contribution in [2.24, 2.45) is 5.73 Å². The molecule has 0 fully saturated rings. The molecule has 0 saturated carbocycles. The summed E-state index contributed by atoms with van der Waals surface area (Å²) >= 11 is 0. The highest BCUT2D eigenvalue weighted by atomic mass is 16.7. The number of methoxy groups -OCH3 is 2. The minimum absolute atomic E-state index is 0.0940. The van der Waals surface area contributed by atoms with Gasteiger partial charge >= 0.3 is 0 Å². The summed E-state index contributed by atoms with van der Waals surface area (Å²) in [5.41, 5.74) is 8.16. The summed E-state index contributed by atoms with van der Waals surface area (Å²) in [5.74, 6) is 0. The molecule has 1 atom stereocenters. The quantitative estimate of drug-likeness (QED) is 0.806. The Kier molecular flexibility index (Phi) is 4.68.